The number of anilines is 1. The largest absolute Gasteiger partial charge is 0.331 e. The molecule has 5 heteroatoms. The standard InChI is InChI=1S/C23H20ClN3O/c1-27-21-9-5-4-8-20(21)26-22(27)15-12-16-10-13-17(14-11-16)25-23(28)18-6-2-3-7-19(18)24/h2-11,13-14H,12,15H2,1H3,(H,25,28). The predicted octanol–water partition coefficient (Wildman–Crippen LogP) is 5.26. The Balaban J connectivity index is 1.41. The summed E-state index contributed by atoms with van der Waals surface area (Å²) in [5.74, 6) is 0.857. The molecule has 0 atom stereocenters. The fourth-order valence-corrected chi connectivity index (χ4v) is 3.50. The molecule has 0 saturated heterocycles. The maximum Gasteiger partial charge on any atom is 0.257 e. The van der Waals surface area contributed by atoms with Crippen molar-refractivity contribution in [1.82, 2.24) is 9.55 Å². The number of para-hydroxylation sites is 2. The van der Waals surface area contributed by atoms with Gasteiger partial charge in [0.15, 0.2) is 0 Å². The Labute approximate surface area is 168 Å². The van der Waals surface area contributed by atoms with E-state index in [2.05, 4.69) is 23.0 Å². The van der Waals surface area contributed by atoms with Crippen molar-refractivity contribution >= 4 is 34.2 Å². The number of benzene rings is 3. The van der Waals surface area contributed by atoms with Crippen molar-refractivity contribution in [2.45, 2.75) is 12.8 Å². The Morgan fingerprint density at radius 1 is 0.964 bits per heavy atom. The molecular formula is C23H20ClN3O. The lowest BCUT2D eigenvalue weighted by atomic mass is 10.1. The summed E-state index contributed by atoms with van der Waals surface area (Å²) in [5, 5.41) is 3.33. The van der Waals surface area contributed by atoms with Gasteiger partial charge in [0.2, 0.25) is 0 Å². The number of carbonyl (C=O) groups excluding carboxylic acids is 1. The SMILES string of the molecule is Cn1c(CCc2ccc(NC(=O)c3ccccc3Cl)cc2)nc2ccccc21. The molecule has 0 aliphatic rings. The summed E-state index contributed by atoms with van der Waals surface area (Å²) < 4.78 is 2.15. The third-order valence-corrected chi connectivity index (χ3v) is 5.18. The van der Waals surface area contributed by atoms with Gasteiger partial charge < -0.3 is 9.88 Å². The molecule has 1 amide bonds. The molecule has 4 aromatic rings. The molecule has 28 heavy (non-hydrogen) atoms. The predicted molar refractivity (Wildman–Crippen MR) is 114 cm³/mol. The van der Waals surface area contributed by atoms with Crippen molar-refractivity contribution in [3.05, 3.63) is 94.8 Å². The molecule has 0 saturated carbocycles. The van der Waals surface area contributed by atoms with Crippen molar-refractivity contribution in [2.75, 3.05) is 5.32 Å². The molecule has 0 unspecified atom stereocenters. The zero-order valence-corrected chi connectivity index (χ0v) is 16.3. The monoisotopic (exact) mass is 389 g/mol. The number of nitrogens with zero attached hydrogens (tertiary/aromatic N) is 2. The summed E-state index contributed by atoms with van der Waals surface area (Å²) in [5.41, 5.74) is 4.59. The van der Waals surface area contributed by atoms with Crippen LogP contribution in [0.15, 0.2) is 72.8 Å². The molecule has 4 rings (SSSR count). The third-order valence-electron chi connectivity index (χ3n) is 4.85. The minimum Gasteiger partial charge on any atom is -0.331 e. The minimum atomic E-state index is -0.210. The van der Waals surface area contributed by atoms with Gasteiger partial charge in [0.1, 0.15) is 5.82 Å². The van der Waals surface area contributed by atoms with Crippen LogP contribution in [0.1, 0.15) is 21.7 Å². The molecule has 0 radical (unpaired) electrons. The number of halogens is 1. The lowest BCUT2D eigenvalue weighted by Crippen LogP contribution is -2.12. The highest BCUT2D eigenvalue weighted by Gasteiger charge is 2.10. The normalized spacial score (nSPS) is 10.9. The van der Waals surface area contributed by atoms with Crippen molar-refractivity contribution in [1.29, 1.82) is 0 Å². The second-order valence-electron chi connectivity index (χ2n) is 6.71. The van der Waals surface area contributed by atoms with Crippen LogP contribution in [-0.4, -0.2) is 15.5 Å². The van der Waals surface area contributed by atoms with Crippen LogP contribution in [0.3, 0.4) is 0 Å². The summed E-state index contributed by atoms with van der Waals surface area (Å²) in [6.45, 7) is 0. The number of aryl methyl sites for hydroxylation is 3. The number of rotatable bonds is 5. The van der Waals surface area contributed by atoms with Gasteiger partial charge in [-0.2, -0.15) is 0 Å². The van der Waals surface area contributed by atoms with Crippen LogP contribution in [0.25, 0.3) is 11.0 Å². The molecule has 0 fully saturated rings. The van der Waals surface area contributed by atoms with Gasteiger partial charge in [0.05, 0.1) is 21.6 Å². The Morgan fingerprint density at radius 3 is 2.43 bits per heavy atom. The number of carbonyl (C=O) groups is 1. The van der Waals surface area contributed by atoms with E-state index in [9.17, 15) is 4.79 Å². The molecule has 1 aromatic heterocycles. The summed E-state index contributed by atoms with van der Waals surface area (Å²) >= 11 is 6.08. The summed E-state index contributed by atoms with van der Waals surface area (Å²) in [7, 11) is 2.05. The molecule has 0 spiro atoms. The van der Waals surface area contributed by atoms with Crippen LogP contribution in [0, 0.1) is 0 Å². The van der Waals surface area contributed by atoms with Crippen LogP contribution in [-0.2, 0) is 19.9 Å². The van der Waals surface area contributed by atoms with Crippen molar-refractivity contribution in [3.63, 3.8) is 0 Å². The molecule has 3 aromatic carbocycles. The number of aromatic nitrogens is 2. The molecule has 0 aliphatic heterocycles. The first-order chi connectivity index (χ1) is 13.6. The summed E-state index contributed by atoms with van der Waals surface area (Å²) in [6.07, 6.45) is 1.74. The van der Waals surface area contributed by atoms with Gasteiger partial charge in [-0.1, -0.05) is 48.0 Å². The molecular weight excluding hydrogens is 370 g/mol. The van der Waals surface area contributed by atoms with E-state index in [-0.39, 0.29) is 5.91 Å². The van der Waals surface area contributed by atoms with Gasteiger partial charge in [-0.25, -0.2) is 4.98 Å². The van der Waals surface area contributed by atoms with Gasteiger partial charge in [-0.15, -0.1) is 0 Å². The van der Waals surface area contributed by atoms with Crippen LogP contribution in [0.4, 0.5) is 5.69 Å². The Hall–Kier alpha value is -3.11. The van der Waals surface area contributed by atoms with Crippen LogP contribution < -0.4 is 5.32 Å². The lowest BCUT2D eigenvalue weighted by molar-refractivity contribution is 0.102. The smallest absolute Gasteiger partial charge is 0.257 e. The lowest BCUT2D eigenvalue weighted by Gasteiger charge is -2.08. The number of imidazole rings is 1. The van der Waals surface area contributed by atoms with Crippen molar-refractivity contribution in [3.8, 4) is 0 Å². The maximum atomic E-state index is 12.3. The number of hydrogen-bond donors (Lipinski definition) is 1. The van der Waals surface area contributed by atoms with E-state index >= 15 is 0 Å². The van der Waals surface area contributed by atoms with Gasteiger partial charge in [0.25, 0.3) is 5.91 Å². The maximum absolute atomic E-state index is 12.3. The highest BCUT2D eigenvalue weighted by Crippen LogP contribution is 2.19. The Kier molecular flexibility index (Phi) is 5.13. The molecule has 0 aliphatic carbocycles. The number of nitrogens with one attached hydrogen (secondary N) is 1. The molecule has 140 valence electrons. The van der Waals surface area contributed by atoms with Crippen molar-refractivity contribution in [2.24, 2.45) is 7.05 Å². The van der Waals surface area contributed by atoms with Gasteiger partial charge in [0, 0.05) is 19.2 Å². The second-order valence-corrected chi connectivity index (χ2v) is 7.11. The van der Waals surface area contributed by atoms with E-state index in [1.807, 2.05) is 42.5 Å². The molecule has 1 heterocycles. The topological polar surface area (TPSA) is 46.9 Å². The first-order valence-corrected chi connectivity index (χ1v) is 9.55. The number of amides is 1. The Bertz CT molecular complexity index is 1130. The van der Waals surface area contributed by atoms with Gasteiger partial charge in [-0.05, 0) is 48.4 Å². The van der Waals surface area contributed by atoms with Gasteiger partial charge in [-0.3, -0.25) is 4.79 Å². The van der Waals surface area contributed by atoms with Crippen molar-refractivity contribution < 1.29 is 4.79 Å². The average Bonchev–Trinajstić information content (AvgIpc) is 3.04. The highest BCUT2D eigenvalue weighted by atomic mass is 35.5. The van der Waals surface area contributed by atoms with E-state index in [1.165, 1.54) is 5.56 Å². The summed E-state index contributed by atoms with van der Waals surface area (Å²) in [6, 6.07) is 23.1. The Morgan fingerprint density at radius 2 is 1.68 bits per heavy atom. The number of fused-ring (bicyclic) bond motifs is 1. The van der Waals surface area contributed by atoms with Gasteiger partial charge >= 0.3 is 0 Å². The third kappa shape index (κ3) is 3.78. The van der Waals surface area contributed by atoms with Crippen LogP contribution in [0.2, 0.25) is 5.02 Å². The van der Waals surface area contributed by atoms with E-state index in [1.54, 1.807) is 24.3 Å². The highest BCUT2D eigenvalue weighted by molar-refractivity contribution is 6.34. The first kappa shape index (κ1) is 18.3. The minimum absolute atomic E-state index is 0.210. The first-order valence-electron chi connectivity index (χ1n) is 9.17. The zero-order valence-electron chi connectivity index (χ0n) is 15.5. The fraction of sp³-hybridized carbons (Fsp3) is 0.130. The quantitative estimate of drug-likeness (QED) is 0.505. The van der Waals surface area contributed by atoms with E-state index < -0.39 is 0 Å². The van der Waals surface area contributed by atoms with Crippen LogP contribution in [0.5, 0.6) is 0 Å². The molecule has 1 N–H and O–H groups in total. The zero-order chi connectivity index (χ0) is 19.5. The second kappa shape index (κ2) is 7.87. The fourth-order valence-electron chi connectivity index (χ4n) is 3.27. The molecule has 4 nitrogen and oxygen atoms in total. The van der Waals surface area contributed by atoms with E-state index in [0.29, 0.717) is 10.6 Å². The van der Waals surface area contributed by atoms with E-state index in [0.717, 1.165) is 35.4 Å². The number of hydrogen-bond acceptors (Lipinski definition) is 2. The average molecular weight is 390 g/mol. The molecule has 0 bridgehead atoms. The van der Waals surface area contributed by atoms with E-state index in [4.69, 9.17) is 16.6 Å². The summed E-state index contributed by atoms with van der Waals surface area (Å²) in [4.78, 5) is 17.1. The van der Waals surface area contributed by atoms with Crippen LogP contribution >= 0.6 is 11.6 Å².